The zero-order chi connectivity index (χ0) is 8.27. The largest absolute Gasteiger partial charge is 0.444 e. The monoisotopic (exact) mass is 159 g/mol. The third-order valence-corrected chi connectivity index (χ3v) is 1.78. The third-order valence-electron chi connectivity index (χ3n) is 1.78. The van der Waals surface area contributed by atoms with Gasteiger partial charge in [0.25, 0.3) is 0 Å². The van der Waals surface area contributed by atoms with Crippen LogP contribution in [0.3, 0.4) is 0 Å². The number of amides is 1. The molecule has 1 amide bonds. The second kappa shape index (κ2) is 3.57. The summed E-state index contributed by atoms with van der Waals surface area (Å²) < 4.78 is 4.64. The van der Waals surface area contributed by atoms with Gasteiger partial charge < -0.3 is 15.6 Å². The van der Waals surface area contributed by atoms with Crippen molar-refractivity contribution < 1.29 is 14.6 Å². The Morgan fingerprint density at radius 3 is 2.73 bits per heavy atom. The maximum absolute atomic E-state index is 10.3. The summed E-state index contributed by atoms with van der Waals surface area (Å²) >= 11 is 0. The van der Waals surface area contributed by atoms with Crippen molar-refractivity contribution in [2.75, 3.05) is 6.61 Å². The molecule has 0 aromatic carbocycles. The van der Waals surface area contributed by atoms with Crippen LogP contribution in [0, 0.1) is 5.92 Å². The highest BCUT2D eigenvalue weighted by atomic mass is 16.6. The molecule has 0 spiro atoms. The average Bonchev–Trinajstić information content (AvgIpc) is 2.69. The first kappa shape index (κ1) is 8.33. The first-order chi connectivity index (χ1) is 5.22. The molecule has 3 N–H and O–H groups in total. The van der Waals surface area contributed by atoms with Crippen molar-refractivity contribution in [1.82, 2.24) is 0 Å². The lowest BCUT2D eigenvalue weighted by Gasteiger charge is -2.12. The van der Waals surface area contributed by atoms with E-state index in [0.717, 1.165) is 6.42 Å². The van der Waals surface area contributed by atoms with Gasteiger partial charge in [-0.15, -0.1) is 0 Å². The van der Waals surface area contributed by atoms with Crippen LogP contribution in [0.5, 0.6) is 0 Å². The Morgan fingerprint density at radius 1 is 1.73 bits per heavy atom. The Hall–Kier alpha value is -0.770. The van der Waals surface area contributed by atoms with E-state index in [1.54, 1.807) is 0 Å². The minimum atomic E-state index is -0.801. The van der Waals surface area contributed by atoms with Crippen LogP contribution in [0.15, 0.2) is 0 Å². The first-order valence-corrected chi connectivity index (χ1v) is 3.79. The molecule has 0 bridgehead atoms. The standard InChI is InChI=1S/C7H13NO3/c8-7(10)11-6(4-9)3-5-1-2-5/h5-6,9H,1-4H2,(H2,8,10). The molecule has 64 valence electrons. The Kier molecular flexibility index (Phi) is 2.70. The number of primary amides is 1. The summed E-state index contributed by atoms with van der Waals surface area (Å²) in [5, 5.41) is 8.72. The van der Waals surface area contributed by atoms with E-state index in [2.05, 4.69) is 4.74 Å². The van der Waals surface area contributed by atoms with Gasteiger partial charge >= 0.3 is 6.09 Å². The number of carbonyl (C=O) groups excluding carboxylic acids is 1. The smallest absolute Gasteiger partial charge is 0.404 e. The molecule has 0 saturated heterocycles. The van der Waals surface area contributed by atoms with E-state index in [1.165, 1.54) is 12.8 Å². The normalized spacial score (nSPS) is 19.4. The average molecular weight is 159 g/mol. The lowest BCUT2D eigenvalue weighted by atomic mass is 10.2. The van der Waals surface area contributed by atoms with Crippen LogP contribution in [-0.4, -0.2) is 23.9 Å². The van der Waals surface area contributed by atoms with Crippen molar-refractivity contribution >= 4 is 6.09 Å². The fourth-order valence-corrected chi connectivity index (χ4v) is 1.05. The van der Waals surface area contributed by atoms with E-state index in [0.29, 0.717) is 5.92 Å². The van der Waals surface area contributed by atoms with Gasteiger partial charge in [0.05, 0.1) is 6.61 Å². The topological polar surface area (TPSA) is 72.6 Å². The summed E-state index contributed by atoms with van der Waals surface area (Å²) in [6.07, 6.45) is 1.92. The van der Waals surface area contributed by atoms with Gasteiger partial charge in [-0.3, -0.25) is 0 Å². The number of aliphatic hydroxyl groups excluding tert-OH is 1. The molecule has 0 aromatic rings. The summed E-state index contributed by atoms with van der Waals surface area (Å²) in [5.41, 5.74) is 4.79. The molecule has 0 aromatic heterocycles. The fourth-order valence-electron chi connectivity index (χ4n) is 1.05. The number of rotatable bonds is 4. The molecule has 11 heavy (non-hydrogen) atoms. The molecule has 1 saturated carbocycles. The van der Waals surface area contributed by atoms with Gasteiger partial charge in [0.1, 0.15) is 6.10 Å². The Balaban J connectivity index is 2.17. The molecule has 1 rings (SSSR count). The van der Waals surface area contributed by atoms with Crippen LogP contribution in [0.2, 0.25) is 0 Å². The lowest BCUT2D eigenvalue weighted by Crippen LogP contribution is -2.26. The number of carbonyl (C=O) groups is 1. The zero-order valence-corrected chi connectivity index (χ0v) is 6.32. The molecule has 4 heteroatoms. The second-order valence-electron chi connectivity index (χ2n) is 2.92. The highest BCUT2D eigenvalue weighted by molar-refractivity contribution is 5.64. The highest BCUT2D eigenvalue weighted by Crippen LogP contribution is 2.34. The van der Waals surface area contributed by atoms with E-state index >= 15 is 0 Å². The van der Waals surface area contributed by atoms with E-state index in [4.69, 9.17) is 10.8 Å². The summed E-state index contributed by atoms with van der Waals surface area (Å²) in [6.45, 7) is -0.126. The van der Waals surface area contributed by atoms with Crippen molar-refractivity contribution in [2.24, 2.45) is 11.7 Å². The summed E-state index contributed by atoms with van der Waals surface area (Å²) in [4.78, 5) is 10.3. The van der Waals surface area contributed by atoms with E-state index in [-0.39, 0.29) is 12.7 Å². The molecular formula is C7H13NO3. The van der Waals surface area contributed by atoms with Gasteiger partial charge in [-0.1, -0.05) is 12.8 Å². The molecule has 1 aliphatic carbocycles. The SMILES string of the molecule is NC(=O)OC(CO)CC1CC1. The minimum Gasteiger partial charge on any atom is -0.444 e. The molecule has 0 heterocycles. The van der Waals surface area contributed by atoms with Gasteiger partial charge in [-0.05, 0) is 12.3 Å². The van der Waals surface area contributed by atoms with Gasteiger partial charge in [-0.2, -0.15) is 0 Å². The third kappa shape index (κ3) is 3.23. The highest BCUT2D eigenvalue weighted by Gasteiger charge is 2.26. The minimum absolute atomic E-state index is 0.126. The van der Waals surface area contributed by atoms with Crippen LogP contribution < -0.4 is 5.73 Å². The van der Waals surface area contributed by atoms with Gasteiger partial charge in [0.2, 0.25) is 0 Å². The number of hydrogen-bond acceptors (Lipinski definition) is 3. The zero-order valence-electron chi connectivity index (χ0n) is 6.32. The van der Waals surface area contributed by atoms with Crippen LogP contribution in [-0.2, 0) is 4.74 Å². The summed E-state index contributed by atoms with van der Waals surface area (Å²) in [7, 11) is 0. The second-order valence-corrected chi connectivity index (χ2v) is 2.92. The fraction of sp³-hybridized carbons (Fsp3) is 0.857. The maximum atomic E-state index is 10.3. The molecule has 1 fully saturated rings. The quantitative estimate of drug-likeness (QED) is 0.617. The molecule has 4 nitrogen and oxygen atoms in total. The number of ether oxygens (including phenoxy) is 1. The van der Waals surface area contributed by atoms with Crippen molar-refractivity contribution in [3.8, 4) is 0 Å². The van der Waals surface area contributed by atoms with Crippen LogP contribution in [0.4, 0.5) is 4.79 Å². The molecule has 1 atom stereocenters. The summed E-state index contributed by atoms with van der Waals surface area (Å²) in [5.74, 6) is 0.631. The van der Waals surface area contributed by atoms with Crippen molar-refractivity contribution in [2.45, 2.75) is 25.4 Å². The predicted octanol–water partition coefficient (Wildman–Crippen LogP) is 0.243. The van der Waals surface area contributed by atoms with Crippen molar-refractivity contribution in [3.63, 3.8) is 0 Å². The predicted molar refractivity (Wildman–Crippen MR) is 38.9 cm³/mol. The summed E-state index contributed by atoms with van der Waals surface area (Å²) in [6, 6.07) is 0. The Morgan fingerprint density at radius 2 is 2.36 bits per heavy atom. The number of hydrogen-bond donors (Lipinski definition) is 2. The van der Waals surface area contributed by atoms with Gasteiger partial charge in [0, 0.05) is 0 Å². The van der Waals surface area contributed by atoms with Gasteiger partial charge in [0.15, 0.2) is 0 Å². The molecule has 1 aliphatic rings. The molecule has 1 unspecified atom stereocenters. The Labute approximate surface area is 65.3 Å². The van der Waals surface area contributed by atoms with Crippen molar-refractivity contribution in [1.29, 1.82) is 0 Å². The van der Waals surface area contributed by atoms with E-state index < -0.39 is 6.09 Å². The lowest BCUT2D eigenvalue weighted by molar-refractivity contribution is 0.0554. The van der Waals surface area contributed by atoms with Gasteiger partial charge in [-0.25, -0.2) is 4.79 Å². The number of aliphatic hydroxyl groups is 1. The molecule has 0 aliphatic heterocycles. The maximum Gasteiger partial charge on any atom is 0.404 e. The van der Waals surface area contributed by atoms with Crippen molar-refractivity contribution in [3.05, 3.63) is 0 Å². The van der Waals surface area contributed by atoms with Crippen LogP contribution in [0.25, 0.3) is 0 Å². The van der Waals surface area contributed by atoms with E-state index in [9.17, 15) is 4.79 Å². The van der Waals surface area contributed by atoms with Crippen LogP contribution in [0.1, 0.15) is 19.3 Å². The first-order valence-electron chi connectivity index (χ1n) is 3.79. The Bertz CT molecular complexity index is 145. The molecular weight excluding hydrogens is 146 g/mol. The number of nitrogens with two attached hydrogens (primary N) is 1. The molecule has 0 radical (unpaired) electrons. The van der Waals surface area contributed by atoms with E-state index in [1.807, 2.05) is 0 Å². The van der Waals surface area contributed by atoms with Crippen LogP contribution >= 0.6 is 0 Å².